The van der Waals surface area contributed by atoms with Gasteiger partial charge < -0.3 is 45.1 Å². The van der Waals surface area contributed by atoms with Crippen LogP contribution in [0.5, 0.6) is 40.2 Å². The molecule has 0 saturated heterocycles. The molecule has 0 saturated carbocycles. The number of thiophene rings is 1. The van der Waals surface area contributed by atoms with E-state index in [2.05, 4.69) is 9.97 Å². The van der Waals surface area contributed by atoms with E-state index >= 15 is 0 Å². The number of carbonyl (C=O) groups is 4. The summed E-state index contributed by atoms with van der Waals surface area (Å²) in [6, 6.07) is 24.0. The molecule has 7 N–H and O–H groups in total. The Morgan fingerprint density at radius 3 is 1.95 bits per heavy atom. The van der Waals surface area contributed by atoms with Crippen molar-refractivity contribution < 1.29 is 59.3 Å². The predicted molar refractivity (Wildman–Crippen MR) is 246 cm³/mol. The number of fused-ring (bicyclic) bond motifs is 1. The van der Waals surface area contributed by atoms with E-state index in [1.807, 2.05) is 32.9 Å². The highest BCUT2D eigenvalue weighted by atomic mass is 32.2. The number of carbonyl (C=O) groups excluding carboxylic acids is 4. The third-order valence-corrected chi connectivity index (χ3v) is 11.5. The maximum absolute atomic E-state index is 12.2. The summed E-state index contributed by atoms with van der Waals surface area (Å²) in [5.41, 5.74) is 3.93. The van der Waals surface area contributed by atoms with Crippen LogP contribution in [0.4, 0.5) is 0 Å². The lowest BCUT2D eigenvalue weighted by Crippen LogP contribution is -2.14. The minimum atomic E-state index is -0.761. The van der Waals surface area contributed by atoms with Gasteiger partial charge in [-0.25, -0.2) is 9.78 Å². The van der Waals surface area contributed by atoms with Gasteiger partial charge in [0.2, 0.25) is 5.78 Å². The highest BCUT2D eigenvalue weighted by Gasteiger charge is 2.18. The van der Waals surface area contributed by atoms with E-state index in [9.17, 15) is 49.5 Å². The summed E-state index contributed by atoms with van der Waals surface area (Å²) in [6.45, 7) is 8.63. The minimum Gasteiger partial charge on any atom is -0.508 e. The van der Waals surface area contributed by atoms with Gasteiger partial charge in [0.15, 0.2) is 41.4 Å². The van der Waals surface area contributed by atoms with Crippen molar-refractivity contribution in [3.8, 4) is 40.2 Å². The number of H-pyrrole nitrogens is 1. The molecule has 0 unspecified atom stereocenters. The molecule has 5 aromatic carbocycles. The minimum absolute atomic E-state index is 0.0218. The number of ketones is 3. The van der Waals surface area contributed by atoms with Gasteiger partial charge in [0.25, 0.3) is 5.56 Å². The van der Waals surface area contributed by atoms with Crippen molar-refractivity contribution in [1.29, 1.82) is 0 Å². The summed E-state index contributed by atoms with van der Waals surface area (Å²) < 4.78 is 10.3. The number of ether oxygens (including phenoxy) is 2. The van der Waals surface area contributed by atoms with Crippen molar-refractivity contribution in [2.24, 2.45) is 0 Å². The first-order chi connectivity index (χ1) is 30.8. The Morgan fingerprint density at radius 2 is 1.28 bits per heavy atom. The lowest BCUT2D eigenvalue weighted by Gasteiger charge is -2.08. The molecule has 0 aliphatic heterocycles. The van der Waals surface area contributed by atoms with Crippen LogP contribution in [-0.4, -0.2) is 82.9 Å². The van der Waals surface area contributed by atoms with Crippen molar-refractivity contribution in [1.82, 2.24) is 9.97 Å². The molecule has 15 nitrogen and oxygen atoms in total. The quantitative estimate of drug-likeness (QED) is 0.0200. The molecule has 7 rings (SSSR count). The standard InChI is InChI=1S/C16H14N2O4S2.C16H14O5.C16H16O4/c1-7-8(2)24-15-13(7)14(22)17-16(18-15)23-6-12(21)9-3-4-10(19)11(20)5-9;1-10-2-7-14(18)13(8-10)16(20)21-9-15(19)11-3-5-12(17)6-4-11;1-10-3-5-12(6-4-10)20-9-16(19)13-7-11(2)14(17)8-15(13)18/h3-5,19-20H,6H2,1-2H3,(H,17,18,22);2-8,17-18H,9H2,1H3;3-8,17-18H,9H2,1-2H3. The average Bonchev–Trinajstić information content (AvgIpc) is 3.57. The number of Topliss-reactive ketones (excluding diaryl/α,β-unsaturated/α-hetero) is 3. The number of nitrogens with one attached hydrogen (secondary N) is 1. The molecule has 2 aromatic heterocycles. The lowest BCUT2D eigenvalue weighted by atomic mass is 10.1. The summed E-state index contributed by atoms with van der Waals surface area (Å²) in [5, 5.41) is 57.6. The van der Waals surface area contributed by atoms with Crippen LogP contribution < -0.4 is 10.3 Å². The van der Waals surface area contributed by atoms with Crippen LogP contribution >= 0.6 is 23.1 Å². The van der Waals surface area contributed by atoms with E-state index in [1.165, 1.54) is 72.0 Å². The third-order valence-electron chi connectivity index (χ3n) is 9.56. The fourth-order valence-corrected chi connectivity index (χ4v) is 7.58. The van der Waals surface area contributed by atoms with Crippen LogP contribution in [-0.2, 0) is 4.74 Å². The van der Waals surface area contributed by atoms with E-state index in [0.29, 0.717) is 32.2 Å². The molecular weight excluding hydrogens is 877 g/mol. The van der Waals surface area contributed by atoms with Crippen LogP contribution in [0.25, 0.3) is 10.2 Å². The summed E-state index contributed by atoms with van der Waals surface area (Å²) >= 11 is 2.57. The molecule has 0 amide bonds. The number of hydrogen-bond acceptors (Lipinski definition) is 16. The van der Waals surface area contributed by atoms with Gasteiger partial charge in [-0.05, 0) is 119 Å². The summed E-state index contributed by atoms with van der Waals surface area (Å²) in [7, 11) is 0. The van der Waals surface area contributed by atoms with Crippen LogP contribution in [0.15, 0.2) is 107 Å². The molecular formula is C48H44N2O13S2. The van der Waals surface area contributed by atoms with Gasteiger partial charge in [-0.1, -0.05) is 41.1 Å². The molecule has 2 heterocycles. The van der Waals surface area contributed by atoms with Gasteiger partial charge >= 0.3 is 5.97 Å². The average molecular weight is 921 g/mol. The Kier molecular flexibility index (Phi) is 16.1. The zero-order chi connectivity index (χ0) is 47.5. The number of esters is 1. The Bertz CT molecular complexity index is 2940. The number of hydrogen-bond donors (Lipinski definition) is 7. The molecule has 0 radical (unpaired) electrons. The van der Waals surface area contributed by atoms with Gasteiger partial charge in [-0.15, -0.1) is 11.3 Å². The number of aromatic nitrogens is 2. The number of nitrogens with zero attached hydrogens (tertiary/aromatic N) is 1. The Labute approximate surface area is 380 Å². The van der Waals surface area contributed by atoms with Gasteiger partial charge in [-0.3, -0.25) is 19.2 Å². The van der Waals surface area contributed by atoms with E-state index < -0.39 is 18.4 Å². The van der Waals surface area contributed by atoms with E-state index in [-0.39, 0.29) is 80.7 Å². The first-order valence-corrected chi connectivity index (χ1v) is 21.3. The lowest BCUT2D eigenvalue weighted by molar-refractivity contribution is 0.0471. The third kappa shape index (κ3) is 13.0. The number of thioether (sulfide) groups is 1. The second kappa shape index (κ2) is 21.6. The van der Waals surface area contributed by atoms with Crippen molar-refractivity contribution in [3.05, 3.63) is 157 Å². The number of phenolic OH excluding ortho intramolecular Hbond substituents is 6. The number of aryl methyl sites for hydroxylation is 5. The van der Waals surface area contributed by atoms with Crippen LogP contribution in [0, 0.1) is 34.6 Å². The molecule has 17 heteroatoms. The van der Waals surface area contributed by atoms with Crippen LogP contribution in [0.3, 0.4) is 0 Å². The molecule has 65 heavy (non-hydrogen) atoms. The van der Waals surface area contributed by atoms with Crippen LogP contribution in [0.2, 0.25) is 0 Å². The fourth-order valence-electron chi connectivity index (χ4n) is 5.74. The number of rotatable bonds is 12. The number of aromatic amines is 1. The number of phenols is 6. The van der Waals surface area contributed by atoms with Crippen LogP contribution in [0.1, 0.15) is 68.6 Å². The fraction of sp³-hybridized carbons (Fsp3) is 0.167. The molecule has 0 aliphatic rings. The zero-order valence-electron chi connectivity index (χ0n) is 35.7. The van der Waals surface area contributed by atoms with Gasteiger partial charge in [0.1, 0.15) is 39.1 Å². The van der Waals surface area contributed by atoms with Gasteiger partial charge in [0, 0.05) is 22.1 Å². The molecule has 0 bridgehead atoms. The summed E-state index contributed by atoms with van der Waals surface area (Å²) in [6.07, 6.45) is 0. The number of aromatic hydroxyl groups is 6. The van der Waals surface area contributed by atoms with Crippen molar-refractivity contribution in [2.45, 2.75) is 39.8 Å². The number of benzene rings is 5. The molecule has 336 valence electrons. The SMILES string of the molecule is Cc1ccc(O)c(C(=O)OCC(=O)c2ccc(O)cc2)c1.Cc1ccc(OCC(=O)c2cc(C)c(O)cc2O)cc1.Cc1sc2nc(SCC(=O)c3ccc(O)c(O)c3)[nH]c(=O)c2c1C. The van der Waals surface area contributed by atoms with Gasteiger partial charge in [0.05, 0.1) is 16.7 Å². The predicted octanol–water partition coefficient (Wildman–Crippen LogP) is 8.41. The van der Waals surface area contributed by atoms with Crippen molar-refractivity contribution in [2.75, 3.05) is 19.0 Å². The Morgan fingerprint density at radius 1 is 0.631 bits per heavy atom. The maximum Gasteiger partial charge on any atom is 0.342 e. The van der Waals surface area contributed by atoms with E-state index in [4.69, 9.17) is 14.6 Å². The Balaban J connectivity index is 0.000000184. The van der Waals surface area contributed by atoms with E-state index in [1.54, 1.807) is 32.0 Å². The second-order valence-corrected chi connectivity index (χ2v) is 16.7. The largest absolute Gasteiger partial charge is 0.508 e. The summed E-state index contributed by atoms with van der Waals surface area (Å²) in [5.74, 6) is -2.13. The monoisotopic (exact) mass is 920 g/mol. The first-order valence-electron chi connectivity index (χ1n) is 19.5. The molecule has 0 fully saturated rings. The Hall–Kier alpha value is -7.63. The topological polar surface area (TPSA) is 254 Å². The highest BCUT2D eigenvalue weighted by Crippen LogP contribution is 2.30. The molecule has 7 aromatic rings. The highest BCUT2D eigenvalue weighted by molar-refractivity contribution is 7.99. The second-order valence-electron chi connectivity index (χ2n) is 14.5. The zero-order valence-corrected chi connectivity index (χ0v) is 37.3. The normalized spacial score (nSPS) is 10.5. The van der Waals surface area contributed by atoms with Gasteiger partial charge in [-0.2, -0.15) is 0 Å². The summed E-state index contributed by atoms with van der Waals surface area (Å²) in [4.78, 5) is 68.8. The van der Waals surface area contributed by atoms with E-state index in [0.717, 1.165) is 39.4 Å². The molecule has 0 atom stereocenters. The first kappa shape index (κ1) is 48.4. The smallest absolute Gasteiger partial charge is 0.342 e. The van der Waals surface area contributed by atoms with Crippen molar-refractivity contribution >= 4 is 56.6 Å². The molecule has 0 aliphatic carbocycles. The maximum atomic E-state index is 12.2. The molecule has 0 spiro atoms. The van der Waals surface area contributed by atoms with Crippen molar-refractivity contribution in [3.63, 3.8) is 0 Å².